The summed E-state index contributed by atoms with van der Waals surface area (Å²) in [7, 11) is 0. The van der Waals surface area contributed by atoms with E-state index in [1.165, 1.54) is 0 Å². The molecule has 16 rings (SSSR count). The van der Waals surface area contributed by atoms with Crippen LogP contribution in [0.2, 0.25) is 0 Å². The maximum atomic E-state index is 13.4. The van der Waals surface area contributed by atoms with Crippen LogP contribution in [0, 0.1) is 0 Å². The Bertz CT molecular complexity index is 5760. The van der Waals surface area contributed by atoms with E-state index in [9.17, 15) is 59.4 Å². The number of carboxylic acid groups (broad SMARTS) is 6. The number of rotatable bonds is 42. The van der Waals surface area contributed by atoms with E-state index in [-0.39, 0.29) is 112 Å². The highest BCUT2D eigenvalue weighted by atomic mass is 16.4. The second-order valence-corrected chi connectivity index (χ2v) is 30.5. The molecule has 9 aromatic heterocycles. The van der Waals surface area contributed by atoms with Gasteiger partial charge in [-0.3, -0.25) is 0 Å². The van der Waals surface area contributed by atoms with Gasteiger partial charge in [-0.2, -0.15) is 44.9 Å². The molecule has 0 radical (unpaired) electrons. The molecule has 0 fully saturated rings. The van der Waals surface area contributed by atoms with Crippen LogP contribution in [0.25, 0.3) is 65.4 Å². The van der Waals surface area contributed by atoms with Gasteiger partial charge in [0.1, 0.15) is 36.3 Å². The number of H-pyrrole nitrogens is 6. The fourth-order valence-corrected chi connectivity index (χ4v) is 16.5. The van der Waals surface area contributed by atoms with Crippen molar-refractivity contribution in [1.29, 1.82) is 0 Å². The topological polar surface area (TPSA) is 543 Å². The fourth-order valence-electron chi connectivity index (χ4n) is 16.5. The molecule has 6 atom stereocenters. The van der Waals surface area contributed by atoms with E-state index in [1.54, 1.807) is 37.2 Å². The highest BCUT2D eigenvalue weighted by molar-refractivity contribution is 5.91. The molecule has 9 heterocycles. The number of anilines is 9. The van der Waals surface area contributed by atoms with Crippen molar-refractivity contribution in [2.75, 3.05) is 47.9 Å². The smallest absolute Gasteiger partial charge is 0.326 e. The van der Waals surface area contributed by atoms with Crippen LogP contribution in [-0.4, -0.2) is 177 Å². The highest BCUT2D eigenvalue weighted by Crippen LogP contribution is 2.35. The number of hydrogen-bond acceptors (Lipinski definition) is 24. The SMILES string of the molecule is CCc1c(CNc2nc(N[C@@H](Cc3c[nH]c4ccccc34)C(=O)O)nc(N[C@@H](Cc3c[nH]c4ccccc34)C(=O)O)n2)c(CC)c(CNc2nc(N[C@@H](Cc3c[nH]c4ccccc34)C(=O)O)nc(N[C@@H](Cc3c[nH]c4ccccc34)C(=O)O)n2)c(CC)c1CNc1nc(N[C@@H](Cc2c[nH]c3ccccc23)C(=O)O)nc(N[C@@H](Cc2c[nH]c3ccccc23)C(=O)O)n1. The molecule has 0 amide bonds. The van der Waals surface area contributed by atoms with Gasteiger partial charge in [-0.15, -0.1) is 0 Å². The van der Waals surface area contributed by atoms with E-state index in [0.29, 0.717) is 69.3 Å². The minimum Gasteiger partial charge on any atom is -0.480 e. The predicted octanol–water partition coefficient (Wildman–Crippen LogP) is 12.3. The van der Waals surface area contributed by atoms with Crippen molar-refractivity contribution in [3.8, 4) is 0 Å². The van der Waals surface area contributed by atoms with E-state index >= 15 is 0 Å². The predicted molar refractivity (Wildman–Crippen MR) is 478 cm³/mol. The first-order valence-electron chi connectivity index (χ1n) is 41.1. The Morgan fingerprint density at radius 2 is 0.405 bits per heavy atom. The number of carboxylic acids is 6. The molecular weight excluding hydrogens is 1610 g/mol. The van der Waals surface area contributed by atoms with Crippen LogP contribution in [0.4, 0.5) is 53.5 Å². The van der Waals surface area contributed by atoms with Crippen molar-refractivity contribution in [2.24, 2.45) is 0 Å². The average Bonchev–Trinajstić information content (AvgIpc) is 1.49. The first-order valence-corrected chi connectivity index (χ1v) is 41.1. The van der Waals surface area contributed by atoms with Gasteiger partial charge in [-0.25, -0.2) is 28.8 Å². The van der Waals surface area contributed by atoms with Crippen LogP contribution >= 0.6 is 0 Å². The number of nitrogens with one attached hydrogen (secondary N) is 15. The van der Waals surface area contributed by atoms with Crippen LogP contribution in [-0.2, 0) is 106 Å². The lowest BCUT2D eigenvalue weighted by atomic mass is 9.83. The Balaban J connectivity index is 0.801. The van der Waals surface area contributed by atoms with Crippen LogP contribution in [0.15, 0.2) is 183 Å². The van der Waals surface area contributed by atoms with Gasteiger partial charge >= 0.3 is 35.8 Å². The molecule has 0 saturated heterocycles. The van der Waals surface area contributed by atoms with Gasteiger partial charge in [0.05, 0.1) is 0 Å². The molecule has 0 aliphatic carbocycles. The number of aromatic amines is 6. The summed E-state index contributed by atoms with van der Waals surface area (Å²) in [4.78, 5) is 143. The zero-order valence-electron chi connectivity index (χ0n) is 68.4. The number of aliphatic carboxylic acids is 6. The minimum absolute atomic E-state index is 0.0427. The molecule has 126 heavy (non-hydrogen) atoms. The monoisotopic (exact) mass is 1700 g/mol. The Hall–Kier alpha value is -16.2. The maximum absolute atomic E-state index is 13.4. The molecule has 36 nitrogen and oxygen atoms in total. The van der Waals surface area contributed by atoms with E-state index in [1.807, 2.05) is 166 Å². The number of carbonyl (C=O) groups is 6. The number of para-hydroxylation sites is 6. The van der Waals surface area contributed by atoms with Gasteiger partial charge in [-0.1, -0.05) is 130 Å². The Labute approximate surface area is 717 Å². The normalized spacial score (nSPS) is 13.0. The van der Waals surface area contributed by atoms with Crippen LogP contribution in [0.1, 0.15) is 87.5 Å². The molecule has 36 heteroatoms. The first-order chi connectivity index (χ1) is 61.2. The number of hydrogen-bond donors (Lipinski definition) is 21. The van der Waals surface area contributed by atoms with Crippen molar-refractivity contribution in [3.63, 3.8) is 0 Å². The molecule has 21 N–H and O–H groups in total. The lowest BCUT2D eigenvalue weighted by molar-refractivity contribution is -0.138. The summed E-state index contributed by atoms with van der Waals surface area (Å²) in [5, 5.41) is 98.9. The Kier molecular flexibility index (Phi) is 24.5. The molecule has 0 bridgehead atoms. The summed E-state index contributed by atoms with van der Waals surface area (Å²) in [5.41, 5.74) is 13.3. The summed E-state index contributed by atoms with van der Waals surface area (Å²) in [5.74, 6) is -9.10. The van der Waals surface area contributed by atoms with Crippen LogP contribution in [0.3, 0.4) is 0 Å². The number of aromatic nitrogens is 15. The van der Waals surface area contributed by atoms with Crippen molar-refractivity contribution in [1.82, 2.24) is 74.8 Å². The molecule has 0 saturated carbocycles. The molecule has 0 aliphatic heterocycles. The summed E-state index contributed by atoms with van der Waals surface area (Å²) < 4.78 is 0. The third-order valence-corrected chi connectivity index (χ3v) is 22.6. The second kappa shape index (κ2) is 37.0. The Morgan fingerprint density at radius 1 is 0.246 bits per heavy atom. The van der Waals surface area contributed by atoms with Crippen molar-refractivity contribution < 1.29 is 59.4 Å². The molecule has 0 unspecified atom stereocenters. The number of benzene rings is 7. The van der Waals surface area contributed by atoms with Gasteiger partial charge in [0, 0.05) is 161 Å². The second-order valence-electron chi connectivity index (χ2n) is 30.5. The quantitative estimate of drug-likeness (QED) is 0.0169. The lowest BCUT2D eigenvalue weighted by Gasteiger charge is -2.27. The standard InChI is InChI=1S/C90H90N24O12/c1-4-52-61(43-97-82-106-85(100-70(76(115)116)31-46-37-91-64-25-13-7-19-55(46)64)112-86(107-82)101-71(77(117)118)32-47-38-92-65-26-14-8-20-56(47)65)53(5-2)63(45-99-84-110-89(104-74(80(123)124)35-50-41-95-68-29-17-11-23-59(50)68)114-90(111-84)105-75(81(125)126)36-51-42-96-69-30-18-12-24-60(51)69)54(6-3)62(52)44-98-83-108-87(102-72(78(119)120)33-48-39-93-66-27-15-9-21-57(48)66)113-88(109-83)103-73(79(121)122)34-49-40-94-67-28-16-10-22-58(49)67/h7-30,37-42,70-75,91-96H,4-6,31-36,43-45H2,1-3H3,(H,115,116)(H,117,118)(H,119,120)(H,121,122)(H,123,124)(H,125,126)(H3,97,100,101,106,107,112)(H3,98,102,103,108,109,113)(H3,99,104,105,110,111,114)/t70-,71-,72-,73-,74-,75-/m0/s1. The fraction of sp³-hybridized carbons (Fsp3) is 0.233. The van der Waals surface area contributed by atoms with Crippen molar-refractivity contribution in [2.45, 2.75) is 134 Å². The van der Waals surface area contributed by atoms with Gasteiger partial charge in [0.2, 0.25) is 53.5 Å². The molecule has 642 valence electrons. The molecule has 7 aromatic carbocycles. The van der Waals surface area contributed by atoms with Crippen LogP contribution < -0.4 is 47.9 Å². The maximum Gasteiger partial charge on any atom is 0.326 e. The zero-order valence-corrected chi connectivity index (χ0v) is 68.4. The van der Waals surface area contributed by atoms with Crippen LogP contribution in [0.5, 0.6) is 0 Å². The van der Waals surface area contributed by atoms with Gasteiger partial charge in [-0.05, 0) is 122 Å². The van der Waals surface area contributed by atoms with E-state index in [0.717, 1.165) is 82.1 Å². The minimum atomic E-state index is -1.34. The molecular formula is C90H90N24O12. The van der Waals surface area contributed by atoms with Gasteiger partial charge in [0.15, 0.2) is 0 Å². The third kappa shape index (κ3) is 18.7. The molecule has 0 spiro atoms. The van der Waals surface area contributed by atoms with Gasteiger partial charge in [0.25, 0.3) is 0 Å². The van der Waals surface area contributed by atoms with E-state index < -0.39 is 72.1 Å². The highest BCUT2D eigenvalue weighted by Gasteiger charge is 2.32. The van der Waals surface area contributed by atoms with Crippen molar-refractivity contribution >= 4 is 155 Å². The summed E-state index contributed by atoms with van der Waals surface area (Å²) >= 11 is 0. The largest absolute Gasteiger partial charge is 0.480 e. The summed E-state index contributed by atoms with van der Waals surface area (Å²) in [6.07, 6.45) is 11.2. The van der Waals surface area contributed by atoms with Gasteiger partial charge < -0.3 is 108 Å². The summed E-state index contributed by atoms with van der Waals surface area (Å²) in [6, 6.07) is 36.7. The Morgan fingerprint density at radius 3 is 0.563 bits per heavy atom. The molecule has 0 aliphatic rings. The summed E-state index contributed by atoms with van der Waals surface area (Å²) in [6.45, 7) is 5.69. The third-order valence-electron chi connectivity index (χ3n) is 22.6. The number of fused-ring (bicyclic) bond motifs is 6. The van der Waals surface area contributed by atoms with E-state index in [2.05, 4.69) is 92.7 Å². The first kappa shape index (κ1) is 83.5. The molecule has 16 aromatic rings. The van der Waals surface area contributed by atoms with E-state index in [4.69, 9.17) is 29.9 Å². The average molecular weight is 1700 g/mol. The lowest BCUT2D eigenvalue weighted by Crippen LogP contribution is -2.34. The number of nitrogens with zero attached hydrogens (tertiary/aromatic N) is 9. The van der Waals surface area contributed by atoms with Crippen molar-refractivity contribution in [3.05, 3.63) is 250 Å². The zero-order chi connectivity index (χ0) is 87.6.